The molecule has 2 fully saturated rings. The van der Waals surface area contributed by atoms with Crippen LogP contribution in [-0.4, -0.2) is 36.5 Å². The van der Waals surface area contributed by atoms with Crippen LogP contribution in [0.1, 0.15) is 35.4 Å². The Morgan fingerprint density at radius 1 is 1.03 bits per heavy atom. The van der Waals surface area contributed by atoms with Crippen LogP contribution in [0.2, 0.25) is 0 Å². The minimum absolute atomic E-state index is 0. The zero-order valence-electron chi connectivity index (χ0n) is 16.8. The molecular formula is C24H31IN4. The van der Waals surface area contributed by atoms with E-state index in [-0.39, 0.29) is 24.0 Å². The quantitative estimate of drug-likeness (QED) is 0.372. The van der Waals surface area contributed by atoms with Crippen LogP contribution in [0.5, 0.6) is 0 Å². The van der Waals surface area contributed by atoms with E-state index in [1.165, 1.54) is 12.0 Å². The monoisotopic (exact) mass is 502 g/mol. The van der Waals surface area contributed by atoms with Crippen LogP contribution in [-0.2, 0) is 13.0 Å². The number of halogens is 1. The molecule has 5 rings (SSSR count). The highest BCUT2D eigenvalue weighted by Gasteiger charge is 2.54. The van der Waals surface area contributed by atoms with Gasteiger partial charge in [0.15, 0.2) is 5.96 Å². The normalized spacial score (nSPS) is 26.3. The van der Waals surface area contributed by atoms with Gasteiger partial charge in [-0.05, 0) is 53.7 Å². The largest absolute Gasteiger partial charge is 0.370 e. The Morgan fingerprint density at radius 2 is 1.76 bits per heavy atom. The summed E-state index contributed by atoms with van der Waals surface area (Å²) >= 11 is 0. The van der Waals surface area contributed by atoms with E-state index < -0.39 is 0 Å². The van der Waals surface area contributed by atoms with Gasteiger partial charge in [0.1, 0.15) is 0 Å². The van der Waals surface area contributed by atoms with E-state index in [0.29, 0.717) is 17.9 Å². The molecule has 1 saturated carbocycles. The second-order valence-electron chi connectivity index (χ2n) is 8.66. The maximum absolute atomic E-state index is 6.21. The SMILES string of the molecule is I.NC(=NCC1C2Cc3ccccc3C12)NC1CCN(Cc2ccccc2)CC1. The number of hydrogen-bond donors (Lipinski definition) is 2. The van der Waals surface area contributed by atoms with E-state index >= 15 is 0 Å². The summed E-state index contributed by atoms with van der Waals surface area (Å²) in [6, 6.07) is 20.1. The van der Waals surface area contributed by atoms with Crippen LogP contribution in [0, 0.1) is 11.8 Å². The van der Waals surface area contributed by atoms with Crippen molar-refractivity contribution in [1.29, 1.82) is 0 Å². The van der Waals surface area contributed by atoms with Crippen LogP contribution in [0.4, 0.5) is 0 Å². The average Bonchev–Trinajstić information content (AvgIpc) is 3.27. The first-order valence-corrected chi connectivity index (χ1v) is 10.7. The van der Waals surface area contributed by atoms with Crippen molar-refractivity contribution in [1.82, 2.24) is 10.2 Å². The number of nitrogens with two attached hydrogens (primary N) is 1. The van der Waals surface area contributed by atoms with Crippen LogP contribution in [0.3, 0.4) is 0 Å². The molecule has 1 saturated heterocycles. The lowest BCUT2D eigenvalue weighted by atomic mass is 10.0. The number of nitrogens with one attached hydrogen (secondary N) is 1. The van der Waals surface area contributed by atoms with Crippen molar-refractivity contribution in [3.05, 3.63) is 71.3 Å². The van der Waals surface area contributed by atoms with Crippen molar-refractivity contribution in [2.75, 3.05) is 19.6 Å². The maximum Gasteiger partial charge on any atom is 0.188 e. The summed E-state index contributed by atoms with van der Waals surface area (Å²) in [5.41, 5.74) is 10.7. The summed E-state index contributed by atoms with van der Waals surface area (Å²) < 4.78 is 0. The minimum Gasteiger partial charge on any atom is -0.370 e. The third-order valence-corrected chi connectivity index (χ3v) is 6.86. The average molecular weight is 502 g/mol. The van der Waals surface area contributed by atoms with E-state index in [9.17, 15) is 0 Å². The fraction of sp³-hybridized carbons (Fsp3) is 0.458. The van der Waals surface area contributed by atoms with Gasteiger partial charge in [-0.3, -0.25) is 9.89 Å². The molecule has 0 radical (unpaired) electrons. The van der Waals surface area contributed by atoms with E-state index in [0.717, 1.165) is 50.9 Å². The summed E-state index contributed by atoms with van der Waals surface area (Å²) in [7, 11) is 0. The molecule has 3 N–H and O–H groups in total. The highest BCUT2D eigenvalue weighted by molar-refractivity contribution is 14.0. The Bertz CT molecular complexity index is 845. The molecular weight excluding hydrogens is 471 g/mol. The van der Waals surface area contributed by atoms with Crippen molar-refractivity contribution >= 4 is 29.9 Å². The molecule has 1 aliphatic heterocycles. The molecule has 3 aliphatic rings. The molecule has 0 amide bonds. The maximum atomic E-state index is 6.21. The van der Waals surface area contributed by atoms with Crippen molar-refractivity contribution in [2.45, 2.75) is 37.8 Å². The second-order valence-corrected chi connectivity index (χ2v) is 8.66. The van der Waals surface area contributed by atoms with E-state index in [1.54, 1.807) is 11.1 Å². The summed E-state index contributed by atoms with van der Waals surface area (Å²) in [5.74, 6) is 2.87. The molecule has 1 heterocycles. The number of benzene rings is 2. The smallest absolute Gasteiger partial charge is 0.188 e. The Morgan fingerprint density at radius 3 is 2.55 bits per heavy atom. The summed E-state index contributed by atoms with van der Waals surface area (Å²) in [6.45, 7) is 4.14. The molecule has 29 heavy (non-hydrogen) atoms. The van der Waals surface area contributed by atoms with Gasteiger partial charge in [0.05, 0.1) is 0 Å². The molecule has 154 valence electrons. The first kappa shape index (κ1) is 20.7. The number of guanidine groups is 1. The van der Waals surface area contributed by atoms with Crippen LogP contribution in [0.15, 0.2) is 59.6 Å². The fourth-order valence-electron chi connectivity index (χ4n) is 5.27. The molecule has 2 aromatic carbocycles. The first-order valence-electron chi connectivity index (χ1n) is 10.7. The lowest BCUT2D eigenvalue weighted by Gasteiger charge is -2.32. The fourth-order valence-corrected chi connectivity index (χ4v) is 5.27. The third-order valence-electron chi connectivity index (χ3n) is 6.86. The molecule has 5 heteroatoms. The molecule has 0 spiro atoms. The zero-order chi connectivity index (χ0) is 18.9. The Labute approximate surface area is 191 Å². The van der Waals surface area contributed by atoms with Gasteiger partial charge < -0.3 is 11.1 Å². The highest BCUT2D eigenvalue weighted by atomic mass is 127. The van der Waals surface area contributed by atoms with Gasteiger partial charge in [-0.2, -0.15) is 0 Å². The van der Waals surface area contributed by atoms with E-state index in [1.807, 2.05) is 0 Å². The van der Waals surface area contributed by atoms with Crippen molar-refractivity contribution in [3.63, 3.8) is 0 Å². The summed E-state index contributed by atoms with van der Waals surface area (Å²) in [4.78, 5) is 7.22. The summed E-state index contributed by atoms with van der Waals surface area (Å²) in [6.07, 6.45) is 3.49. The summed E-state index contributed by atoms with van der Waals surface area (Å²) in [5, 5.41) is 3.47. The Hall–Kier alpha value is -1.60. The standard InChI is InChI=1S/C24H30N4.HI/c25-24(26-15-22-21-14-18-8-4-5-9-20(18)23(21)22)27-19-10-12-28(13-11-19)16-17-6-2-1-3-7-17;/h1-9,19,21-23H,10-16H2,(H3,25,26,27);1H. The van der Waals surface area contributed by atoms with Crippen molar-refractivity contribution < 1.29 is 0 Å². The third kappa shape index (κ3) is 4.61. The Balaban J connectivity index is 0.00000205. The van der Waals surface area contributed by atoms with Gasteiger partial charge in [0.25, 0.3) is 0 Å². The van der Waals surface area contributed by atoms with Crippen LogP contribution in [0.25, 0.3) is 0 Å². The molecule has 0 aromatic heterocycles. The molecule has 0 bridgehead atoms. The Kier molecular flexibility index (Phi) is 6.44. The lowest BCUT2D eigenvalue weighted by Crippen LogP contribution is -2.46. The van der Waals surface area contributed by atoms with E-state index in [2.05, 4.69) is 64.8 Å². The number of aliphatic imine (C=N–C) groups is 1. The second kappa shape index (κ2) is 9.04. The van der Waals surface area contributed by atoms with Gasteiger partial charge in [0, 0.05) is 32.2 Å². The van der Waals surface area contributed by atoms with Gasteiger partial charge in [-0.15, -0.1) is 24.0 Å². The first-order chi connectivity index (χ1) is 13.8. The molecule has 2 aliphatic carbocycles. The van der Waals surface area contributed by atoms with Crippen molar-refractivity contribution in [3.8, 4) is 0 Å². The number of piperidine rings is 1. The minimum atomic E-state index is 0. The van der Waals surface area contributed by atoms with Gasteiger partial charge in [0.2, 0.25) is 0 Å². The highest BCUT2D eigenvalue weighted by Crippen LogP contribution is 2.61. The number of nitrogens with zero attached hydrogens (tertiary/aromatic N) is 2. The topological polar surface area (TPSA) is 53.6 Å². The molecule has 3 unspecified atom stereocenters. The van der Waals surface area contributed by atoms with E-state index in [4.69, 9.17) is 10.7 Å². The zero-order valence-corrected chi connectivity index (χ0v) is 19.2. The number of likely N-dealkylation sites (tertiary alicyclic amines) is 1. The van der Waals surface area contributed by atoms with Crippen LogP contribution < -0.4 is 11.1 Å². The molecule has 3 atom stereocenters. The number of rotatable bonds is 5. The predicted octanol–water partition coefficient (Wildman–Crippen LogP) is 3.76. The lowest BCUT2D eigenvalue weighted by molar-refractivity contribution is 0.199. The number of fused-ring (bicyclic) bond motifs is 3. The van der Waals surface area contributed by atoms with Crippen molar-refractivity contribution in [2.24, 2.45) is 22.6 Å². The van der Waals surface area contributed by atoms with Gasteiger partial charge in [-0.1, -0.05) is 54.6 Å². The molecule has 2 aromatic rings. The predicted molar refractivity (Wildman–Crippen MR) is 130 cm³/mol. The van der Waals surface area contributed by atoms with Gasteiger partial charge in [-0.25, -0.2) is 0 Å². The number of hydrogen-bond acceptors (Lipinski definition) is 2. The van der Waals surface area contributed by atoms with Gasteiger partial charge >= 0.3 is 0 Å². The molecule has 4 nitrogen and oxygen atoms in total. The van der Waals surface area contributed by atoms with Crippen LogP contribution >= 0.6 is 24.0 Å².